The molecule has 3 rings (SSSR count). The first kappa shape index (κ1) is 12.6. The fraction of sp³-hybridized carbons (Fsp3) is 0.0714. The summed E-state index contributed by atoms with van der Waals surface area (Å²) in [6, 6.07) is 9.62. The normalized spacial score (nSPS) is 10.8. The number of amides is 1. The highest BCUT2D eigenvalue weighted by Gasteiger charge is 2.13. The lowest BCUT2D eigenvalue weighted by molar-refractivity contribution is -0.118. The minimum atomic E-state index is -0.565. The molecule has 3 aromatic rings. The van der Waals surface area contributed by atoms with Crippen LogP contribution in [0.1, 0.15) is 0 Å². The number of fused-ring (bicyclic) bond motifs is 1. The molecule has 0 bridgehead atoms. The fourth-order valence-electron chi connectivity index (χ4n) is 2.08. The van der Waals surface area contributed by atoms with Crippen molar-refractivity contribution in [2.24, 2.45) is 5.73 Å². The SMILES string of the molecule is NC(=O)Cn1cnc2scc(-c3ccccc3)c2c1=O. The molecule has 100 valence electrons. The highest BCUT2D eigenvalue weighted by molar-refractivity contribution is 7.17. The van der Waals surface area contributed by atoms with Crippen LogP contribution in [0.4, 0.5) is 0 Å². The van der Waals surface area contributed by atoms with Gasteiger partial charge in [-0.3, -0.25) is 14.2 Å². The molecule has 2 aromatic heterocycles. The zero-order valence-corrected chi connectivity index (χ0v) is 11.3. The van der Waals surface area contributed by atoms with Gasteiger partial charge in [0, 0.05) is 10.9 Å². The number of rotatable bonds is 3. The van der Waals surface area contributed by atoms with Gasteiger partial charge in [0.1, 0.15) is 11.4 Å². The third-order valence-electron chi connectivity index (χ3n) is 2.97. The fourth-order valence-corrected chi connectivity index (χ4v) is 2.98. The summed E-state index contributed by atoms with van der Waals surface area (Å²) in [6.45, 7) is -0.161. The lowest BCUT2D eigenvalue weighted by Gasteiger charge is -2.03. The zero-order valence-electron chi connectivity index (χ0n) is 10.4. The van der Waals surface area contributed by atoms with Gasteiger partial charge in [0.05, 0.1) is 11.7 Å². The molecule has 1 aromatic carbocycles. The summed E-state index contributed by atoms with van der Waals surface area (Å²) >= 11 is 1.41. The number of carbonyl (C=O) groups is 1. The number of nitrogens with two attached hydrogens (primary N) is 1. The highest BCUT2D eigenvalue weighted by Crippen LogP contribution is 2.30. The number of hydrogen-bond acceptors (Lipinski definition) is 4. The van der Waals surface area contributed by atoms with Crippen LogP contribution in [0.3, 0.4) is 0 Å². The number of hydrogen-bond donors (Lipinski definition) is 1. The minimum Gasteiger partial charge on any atom is -0.368 e. The maximum Gasteiger partial charge on any atom is 0.263 e. The second-order valence-electron chi connectivity index (χ2n) is 4.34. The quantitative estimate of drug-likeness (QED) is 0.794. The molecule has 0 aliphatic rings. The van der Waals surface area contributed by atoms with E-state index >= 15 is 0 Å². The van der Waals surface area contributed by atoms with Gasteiger partial charge in [-0.15, -0.1) is 11.3 Å². The van der Waals surface area contributed by atoms with Crippen molar-refractivity contribution in [1.82, 2.24) is 9.55 Å². The predicted molar refractivity (Wildman–Crippen MR) is 78.5 cm³/mol. The second kappa shape index (κ2) is 4.90. The molecule has 0 unspecified atom stereocenters. The van der Waals surface area contributed by atoms with E-state index in [1.54, 1.807) is 0 Å². The Labute approximate surface area is 118 Å². The van der Waals surface area contributed by atoms with Crippen LogP contribution in [-0.2, 0) is 11.3 Å². The van der Waals surface area contributed by atoms with Crippen molar-refractivity contribution in [3.05, 3.63) is 52.4 Å². The third kappa shape index (κ3) is 2.10. The van der Waals surface area contributed by atoms with Crippen LogP contribution in [0.2, 0.25) is 0 Å². The van der Waals surface area contributed by atoms with Gasteiger partial charge >= 0.3 is 0 Å². The van der Waals surface area contributed by atoms with E-state index in [1.807, 2.05) is 35.7 Å². The molecular formula is C14H11N3O2S. The molecule has 20 heavy (non-hydrogen) atoms. The lowest BCUT2D eigenvalue weighted by atomic mass is 10.1. The van der Waals surface area contributed by atoms with Crippen LogP contribution >= 0.6 is 11.3 Å². The summed E-state index contributed by atoms with van der Waals surface area (Å²) in [5.74, 6) is -0.565. The Bertz CT molecular complexity index is 836. The van der Waals surface area contributed by atoms with Gasteiger partial charge in [0.2, 0.25) is 5.91 Å². The monoisotopic (exact) mass is 285 g/mol. The van der Waals surface area contributed by atoms with E-state index in [0.717, 1.165) is 11.1 Å². The van der Waals surface area contributed by atoms with Gasteiger partial charge < -0.3 is 5.73 Å². The van der Waals surface area contributed by atoms with Crippen LogP contribution in [0.5, 0.6) is 0 Å². The molecule has 0 fully saturated rings. The Morgan fingerprint density at radius 2 is 2.05 bits per heavy atom. The van der Waals surface area contributed by atoms with E-state index in [2.05, 4.69) is 4.98 Å². The van der Waals surface area contributed by atoms with Crippen LogP contribution < -0.4 is 11.3 Å². The molecule has 0 radical (unpaired) electrons. The van der Waals surface area contributed by atoms with Gasteiger partial charge in [0.25, 0.3) is 5.56 Å². The van der Waals surface area contributed by atoms with Gasteiger partial charge in [-0.1, -0.05) is 30.3 Å². The van der Waals surface area contributed by atoms with Gasteiger partial charge in [-0.25, -0.2) is 4.98 Å². The Morgan fingerprint density at radius 1 is 1.30 bits per heavy atom. The first-order valence-electron chi connectivity index (χ1n) is 5.97. The average molecular weight is 285 g/mol. The summed E-state index contributed by atoms with van der Waals surface area (Å²) in [5, 5.41) is 2.44. The molecule has 2 N–H and O–H groups in total. The molecular weight excluding hydrogens is 274 g/mol. The van der Waals surface area contributed by atoms with Crippen molar-refractivity contribution >= 4 is 27.5 Å². The third-order valence-corrected chi connectivity index (χ3v) is 3.86. The second-order valence-corrected chi connectivity index (χ2v) is 5.20. The van der Waals surface area contributed by atoms with E-state index in [9.17, 15) is 9.59 Å². The average Bonchev–Trinajstić information content (AvgIpc) is 2.87. The Kier molecular flexibility index (Phi) is 3.08. The summed E-state index contributed by atoms with van der Waals surface area (Å²) in [4.78, 5) is 28.3. The van der Waals surface area contributed by atoms with E-state index in [-0.39, 0.29) is 12.1 Å². The summed E-state index contributed by atoms with van der Waals surface area (Å²) in [7, 11) is 0. The molecule has 0 aliphatic carbocycles. The summed E-state index contributed by atoms with van der Waals surface area (Å²) in [6.07, 6.45) is 1.36. The van der Waals surface area contributed by atoms with Gasteiger partial charge in [-0.2, -0.15) is 0 Å². The molecule has 0 atom stereocenters. The maximum absolute atomic E-state index is 12.4. The van der Waals surface area contributed by atoms with Crippen molar-refractivity contribution in [3.63, 3.8) is 0 Å². The summed E-state index contributed by atoms with van der Waals surface area (Å²) < 4.78 is 1.24. The smallest absolute Gasteiger partial charge is 0.263 e. The van der Waals surface area contributed by atoms with Crippen LogP contribution in [0.15, 0.2) is 46.8 Å². The largest absolute Gasteiger partial charge is 0.368 e. The van der Waals surface area contributed by atoms with Crippen molar-refractivity contribution in [2.45, 2.75) is 6.54 Å². The minimum absolute atomic E-state index is 0.161. The molecule has 6 heteroatoms. The maximum atomic E-state index is 12.4. The van der Waals surface area contributed by atoms with Gasteiger partial charge in [0.15, 0.2) is 0 Å². The molecule has 5 nitrogen and oxygen atoms in total. The standard InChI is InChI=1S/C14H11N3O2S/c15-11(18)6-17-8-16-13-12(14(17)19)10(7-20-13)9-4-2-1-3-5-9/h1-5,7-8H,6H2,(H2,15,18). The predicted octanol–water partition coefficient (Wildman–Crippen LogP) is 1.61. The van der Waals surface area contributed by atoms with Crippen molar-refractivity contribution < 1.29 is 4.79 Å². The molecule has 0 spiro atoms. The number of carbonyl (C=O) groups excluding carboxylic acids is 1. The highest BCUT2D eigenvalue weighted by atomic mass is 32.1. The molecule has 0 saturated heterocycles. The first-order valence-corrected chi connectivity index (χ1v) is 6.85. The van der Waals surface area contributed by atoms with Gasteiger partial charge in [-0.05, 0) is 5.56 Å². The first-order chi connectivity index (χ1) is 9.66. The molecule has 2 heterocycles. The Balaban J connectivity index is 2.25. The van der Waals surface area contributed by atoms with E-state index in [1.165, 1.54) is 22.2 Å². The van der Waals surface area contributed by atoms with Crippen LogP contribution in [0.25, 0.3) is 21.3 Å². The molecule has 1 amide bonds. The van der Waals surface area contributed by atoms with E-state index in [4.69, 9.17) is 5.73 Å². The molecule has 0 saturated carbocycles. The number of aromatic nitrogens is 2. The lowest BCUT2D eigenvalue weighted by Crippen LogP contribution is -2.28. The van der Waals surface area contributed by atoms with Crippen molar-refractivity contribution in [3.8, 4) is 11.1 Å². The number of benzene rings is 1. The van der Waals surface area contributed by atoms with Crippen molar-refractivity contribution in [1.29, 1.82) is 0 Å². The zero-order chi connectivity index (χ0) is 14.1. The van der Waals surface area contributed by atoms with E-state index in [0.29, 0.717) is 10.2 Å². The Morgan fingerprint density at radius 3 is 2.75 bits per heavy atom. The number of thiophene rings is 1. The number of primary amides is 1. The Hall–Kier alpha value is -2.47. The van der Waals surface area contributed by atoms with E-state index < -0.39 is 5.91 Å². The van der Waals surface area contributed by atoms with Crippen LogP contribution in [0, 0.1) is 0 Å². The topological polar surface area (TPSA) is 78.0 Å². The van der Waals surface area contributed by atoms with Crippen molar-refractivity contribution in [2.75, 3.05) is 0 Å². The summed E-state index contributed by atoms with van der Waals surface area (Å²) in [5.41, 5.74) is 6.68. The number of nitrogens with zero attached hydrogens (tertiary/aromatic N) is 2. The van der Waals surface area contributed by atoms with Crippen LogP contribution in [-0.4, -0.2) is 15.5 Å². The molecule has 0 aliphatic heterocycles.